The summed E-state index contributed by atoms with van der Waals surface area (Å²) in [7, 11) is 0. The first-order chi connectivity index (χ1) is 7.84. The van der Waals surface area contributed by atoms with Gasteiger partial charge in [0.25, 0.3) is 0 Å². The molecular formula is C11H11F3O3. The molecule has 17 heavy (non-hydrogen) atoms. The van der Waals surface area contributed by atoms with Crippen LogP contribution in [0.1, 0.15) is 23.7 Å². The van der Waals surface area contributed by atoms with E-state index in [1.54, 1.807) is 0 Å². The monoisotopic (exact) mass is 248 g/mol. The average molecular weight is 248 g/mol. The lowest BCUT2D eigenvalue weighted by molar-refractivity contribution is -0.137. The van der Waals surface area contributed by atoms with Crippen molar-refractivity contribution in [1.82, 2.24) is 0 Å². The summed E-state index contributed by atoms with van der Waals surface area (Å²) in [6.45, 7) is -0.697. The predicted molar refractivity (Wildman–Crippen MR) is 53.1 cm³/mol. The van der Waals surface area contributed by atoms with Crippen molar-refractivity contribution >= 4 is 5.78 Å². The largest absolute Gasteiger partial charge is 0.416 e. The van der Waals surface area contributed by atoms with Gasteiger partial charge in [-0.3, -0.25) is 4.79 Å². The van der Waals surface area contributed by atoms with E-state index in [0.29, 0.717) is 0 Å². The van der Waals surface area contributed by atoms with Crippen molar-refractivity contribution in [2.75, 3.05) is 6.61 Å². The molecule has 1 unspecified atom stereocenters. The fourth-order valence-electron chi connectivity index (χ4n) is 1.29. The van der Waals surface area contributed by atoms with E-state index in [-0.39, 0.29) is 12.0 Å². The molecule has 0 saturated carbocycles. The molecule has 0 amide bonds. The van der Waals surface area contributed by atoms with Gasteiger partial charge in [-0.05, 0) is 17.7 Å². The second-order valence-corrected chi connectivity index (χ2v) is 3.54. The summed E-state index contributed by atoms with van der Waals surface area (Å²) >= 11 is 0. The third-order valence-electron chi connectivity index (χ3n) is 2.22. The number of aliphatic hydroxyl groups is 2. The number of aliphatic hydroxyl groups excluding tert-OH is 2. The topological polar surface area (TPSA) is 57.5 Å². The normalized spacial score (nSPS) is 13.5. The number of Topliss-reactive ketones (excluding diaryl/α,β-unsaturated/α-hetero) is 1. The molecule has 0 fully saturated rings. The van der Waals surface area contributed by atoms with E-state index in [1.165, 1.54) is 0 Å². The first kappa shape index (κ1) is 13.7. The lowest BCUT2D eigenvalue weighted by Gasteiger charge is -2.11. The van der Waals surface area contributed by atoms with E-state index in [2.05, 4.69) is 0 Å². The smallest absolute Gasteiger partial charge is 0.389 e. The Hall–Kier alpha value is -1.40. The highest BCUT2D eigenvalue weighted by Gasteiger charge is 2.30. The molecule has 3 nitrogen and oxygen atoms in total. The second kappa shape index (κ2) is 5.29. The zero-order valence-corrected chi connectivity index (χ0v) is 8.74. The molecule has 6 heteroatoms. The Morgan fingerprint density at radius 1 is 1.24 bits per heavy atom. The van der Waals surface area contributed by atoms with Crippen LogP contribution in [-0.2, 0) is 11.0 Å². The van der Waals surface area contributed by atoms with E-state index in [1.807, 2.05) is 0 Å². The van der Waals surface area contributed by atoms with E-state index in [9.17, 15) is 23.1 Å². The van der Waals surface area contributed by atoms with E-state index < -0.39 is 30.2 Å². The van der Waals surface area contributed by atoms with Gasteiger partial charge in [-0.2, -0.15) is 13.2 Å². The van der Waals surface area contributed by atoms with Gasteiger partial charge in [0.1, 0.15) is 6.61 Å². The number of benzene rings is 1. The summed E-state index contributed by atoms with van der Waals surface area (Å²) < 4.78 is 36.7. The Morgan fingerprint density at radius 3 is 2.18 bits per heavy atom. The van der Waals surface area contributed by atoms with Gasteiger partial charge in [-0.25, -0.2) is 0 Å². The molecule has 0 aliphatic rings. The summed E-state index contributed by atoms with van der Waals surface area (Å²) in [4.78, 5) is 10.8. The second-order valence-electron chi connectivity index (χ2n) is 3.54. The molecule has 2 N–H and O–H groups in total. The number of ketones is 1. The molecule has 1 atom stereocenters. The molecule has 0 aliphatic heterocycles. The van der Waals surface area contributed by atoms with Crippen LogP contribution in [0.5, 0.6) is 0 Å². The molecule has 0 bridgehead atoms. The van der Waals surface area contributed by atoms with Crippen LogP contribution >= 0.6 is 0 Å². The summed E-state index contributed by atoms with van der Waals surface area (Å²) in [6, 6.07) is 3.89. The summed E-state index contributed by atoms with van der Waals surface area (Å²) in [5.74, 6) is -0.572. The van der Waals surface area contributed by atoms with Gasteiger partial charge in [0, 0.05) is 6.42 Å². The summed E-state index contributed by atoms with van der Waals surface area (Å²) in [6.07, 6.45) is -5.94. The first-order valence-corrected chi connectivity index (χ1v) is 4.82. The Bertz CT molecular complexity index is 384. The van der Waals surface area contributed by atoms with Gasteiger partial charge in [0.05, 0.1) is 11.7 Å². The summed E-state index contributed by atoms with van der Waals surface area (Å²) in [5, 5.41) is 18.0. The Morgan fingerprint density at radius 2 is 1.76 bits per heavy atom. The number of carbonyl (C=O) groups is 1. The van der Waals surface area contributed by atoms with E-state index in [0.717, 1.165) is 24.3 Å². The van der Waals surface area contributed by atoms with Gasteiger partial charge in [-0.15, -0.1) is 0 Å². The Kier molecular flexibility index (Phi) is 4.25. The van der Waals surface area contributed by atoms with E-state index in [4.69, 9.17) is 5.11 Å². The minimum atomic E-state index is -4.43. The molecule has 1 aromatic rings. The quantitative estimate of drug-likeness (QED) is 0.852. The third kappa shape index (κ3) is 3.83. The lowest BCUT2D eigenvalue weighted by Crippen LogP contribution is -2.10. The van der Waals surface area contributed by atoms with Crippen molar-refractivity contribution in [2.24, 2.45) is 0 Å². The predicted octanol–water partition coefficient (Wildman–Crippen LogP) is 1.69. The zero-order valence-electron chi connectivity index (χ0n) is 8.74. The average Bonchev–Trinajstić information content (AvgIpc) is 2.27. The van der Waals surface area contributed by atoms with Gasteiger partial charge in [0.15, 0.2) is 5.78 Å². The highest BCUT2D eigenvalue weighted by molar-refractivity contribution is 5.80. The molecular weight excluding hydrogens is 237 g/mol. The van der Waals surface area contributed by atoms with Crippen molar-refractivity contribution in [3.8, 4) is 0 Å². The van der Waals surface area contributed by atoms with Crippen LogP contribution in [0.25, 0.3) is 0 Å². The first-order valence-electron chi connectivity index (χ1n) is 4.82. The van der Waals surface area contributed by atoms with Crippen molar-refractivity contribution in [3.63, 3.8) is 0 Å². The van der Waals surface area contributed by atoms with Crippen LogP contribution in [0, 0.1) is 0 Å². The van der Waals surface area contributed by atoms with Crippen LogP contribution in [0.4, 0.5) is 13.2 Å². The Balaban J connectivity index is 2.77. The van der Waals surface area contributed by atoms with Crippen molar-refractivity contribution in [1.29, 1.82) is 0 Å². The molecule has 0 spiro atoms. The number of rotatable bonds is 4. The SMILES string of the molecule is O=C(CO)CC(O)c1ccc(C(F)(F)F)cc1. The number of carbonyl (C=O) groups excluding carboxylic acids is 1. The maximum absolute atomic E-state index is 12.2. The number of halogens is 3. The highest BCUT2D eigenvalue weighted by atomic mass is 19.4. The van der Waals surface area contributed by atoms with Crippen molar-refractivity contribution in [3.05, 3.63) is 35.4 Å². The van der Waals surface area contributed by atoms with Gasteiger partial charge in [-0.1, -0.05) is 12.1 Å². The molecule has 0 radical (unpaired) electrons. The van der Waals surface area contributed by atoms with E-state index >= 15 is 0 Å². The highest BCUT2D eigenvalue weighted by Crippen LogP contribution is 2.30. The Labute approximate surface area is 95.5 Å². The molecule has 0 saturated heterocycles. The molecule has 0 aromatic heterocycles. The number of hydrogen-bond donors (Lipinski definition) is 2. The standard InChI is InChI=1S/C11H11F3O3/c12-11(13,14)8-3-1-7(2-4-8)10(17)5-9(16)6-15/h1-4,10,15,17H,5-6H2. The van der Waals surface area contributed by atoms with Crippen LogP contribution in [0.15, 0.2) is 24.3 Å². The minimum Gasteiger partial charge on any atom is -0.389 e. The van der Waals surface area contributed by atoms with Gasteiger partial charge < -0.3 is 10.2 Å². The van der Waals surface area contributed by atoms with Crippen LogP contribution < -0.4 is 0 Å². The fourth-order valence-corrected chi connectivity index (χ4v) is 1.29. The lowest BCUT2D eigenvalue weighted by atomic mass is 10.0. The molecule has 0 aliphatic carbocycles. The maximum atomic E-state index is 12.2. The van der Waals surface area contributed by atoms with Crippen LogP contribution in [0.2, 0.25) is 0 Å². The number of hydrogen-bond acceptors (Lipinski definition) is 3. The van der Waals surface area contributed by atoms with Crippen molar-refractivity contribution in [2.45, 2.75) is 18.7 Å². The summed E-state index contributed by atoms with van der Waals surface area (Å²) in [5.41, 5.74) is -0.610. The maximum Gasteiger partial charge on any atom is 0.416 e. The van der Waals surface area contributed by atoms with Crippen LogP contribution in [0.3, 0.4) is 0 Å². The number of alkyl halides is 3. The minimum absolute atomic E-state index is 0.208. The third-order valence-corrected chi connectivity index (χ3v) is 2.22. The molecule has 1 rings (SSSR count). The van der Waals surface area contributed by atoms with Crippen molar-refractivity contribution < 1.29 is 28.2 Å². The fraction of sp³-hybridized carbons (Fsp3) is 0.364. The van der Waals surface area contributed by atoms with Gasteiger partial charge >= 0.3 is 6.18 Å². The van der Waals surface area contributed by atoms with Crippen LogP contribution in [-0.4, -0.2) is 22.6 Å². The zero-order chi connectivity index (χ0) is 13.1. The molecule has 1 aromatic carbocycles. The molecule has 0 heterocycles. The van der Waals surface area contributed by atoms with Gasteiger partial charge in [0.2, 0.25) is 0 Å². The molecule has 94 valence electrons.